The second-order valence-electron chi connectivity index (χ2n) is 12.5. The van der Waals surface area contributed by atoms with E-state index in [0.29, 0.717) is 0 Å². The maximum absolute atomic E-state index is 6.49. The zero-order valence-electron chi connectivity index (χ0n) is 26.5. The third kappa shape index (κ3) is 4.51. The number of fused-ring (bicyclic) bond motifs is 8. The SMILES string of the molecule is c1ccc(-c2ccc(N(c3ccc(-c4cc5ccccc5c5oc6ccccc6c45)cc3)c3ccc4oc5ccccc5c4c3)cc2)cc1. The monoisotopic (exact) mass is 627 g/mol. The van der Waals surface area contributed by atoms with Gasteiger partial charge in [0.15, 0.2) is 0 Å². The van der Waals surface area contributed by atoms with Crippen molar-refractivity contribution in [2.45, 2.75) is 0 Å². The summed E-state index contributed by atoms with van der Waals surface area (Å²) in [6, 6.07) is 62.1. The molecule has 0 fully saturated rings. The van der Waals surface area contributed by atoms with Gasteiger partial charge in [-0.1, -0.05) is 115 Å². The molecule has 230 valence electrons. The lowest BCUT2D eigenvalue weighted by molar-refractivity contribution is 0.669. The van der Waals surface area contributed by atoms with Crippen molar-refractivity contribution < 1.29 is 8.83 Å². The first-order chi connectivity index (χ1) is 24.3. The Bertz CT molecular complexity index is 2810. The van der Waals surface area contributed by atoms with Crippen molar-refractivity contribution in [1.82, 2.24) is 0 Å². The first-order valence-corrected chi connectivity index (χ1v) is 16.6. The molecule has 0 amide bonds. The van der Waals surface area contributed by atoms with E-state index in [4.69, 9.17) is 8.83 Å². The average Bonchev–Trinajstić information content (AvgIpc) is 3.75. The Kier molecular flexibility index (Phi) is 6.18. The number of nitrogens with zero attached hydrogens (tertiary/aromatic N) is 1. The van der Waals surface area contributed by atoms with Crippen LogP contribution in [-0.4, -0.2) is 0 Å². The van der Waals surface area contributed by atoms with E-state index in [1.807, 2.05) is 18.2 Å². The molecule has 0 saturated carbocycles. The Hall–Kier alpha value is -6.58. The molecule has 2 heterocycles. The molecular formula is C46H29NO2. The molecular weight excluding hydrogens is 599 g/mol. The first kappa shape index (κ1) is 27.5. The maximum Gasteiger partial charge on any atom is 0.143 e. The number of furan rings is 2. The van der Waals surface area contributed by atoms with E-state index in [1.165, 1.54) is 11.1 Å². The van der Waals surface area contributed by atoms with Crippen LogP contribution in [0.25, 0.3) is 76.9 Å². The van der Waals surface area contributed by atoms with Crippen LogP contribution in [0.4, 0.5) is 17.1 Å². The normalized spacial score (nSPS) is 11.7. The molecule has 10 aromatic rings. The van der Waals surface area contributed by atoms with Crippen molar-refractivity contribution in [2.24, 2.45) is 0 Å². The van der Waals surface area contributed by atoms with Crippen LogP contribution < -0.4 is 4.90 Å². The smallest absolute Gasteiger partial charge is 0.143 e. The lowest BCUT2D eigenvalue weighted by Crippen LogP contribution is -2.09. The summed E-state index contributed by atoms with van der Waals surface area (Å²) in [4.78, 5) is 2.32. The van der Waals surface area contributed by atoms with Crippen molar-refractivity contribution in [3.05, 3.63) is 176 Å². The van der Waals surface area contributed by atoms with Gasteiger partial charge in [-0.25, -0.2) is 0 Å². The highest BCUT2D eigenvalue weighted by Gasteiger charge is 2.19. The fourth-order valence-corrected chi connectivity index (χ4v) is 7.31. The molecule has 0 N–H and O–H groups in total. The van der Waals surface area contributed by atoms with Crippen LogP contribution in [0.1, 0.15) is 0 Å². The molecule has 10 rings (SSSR count). The largest absolute Gasteiger partial charge is 0.456 e. The molecule has 0 aliphatic carbocycles. The molecule has 0 atom stereocenters. The van der Waals surface area contributed by atoms with Gasteiger partial charge in [0.05, 0.1) is 0 Å². The number of hydrogen-bond donors (Lipinski definition) is 0. The predicted molar refractivity (Wildman–Crippen MR) is 204 cm³/mol. The zero-order chi connectivity index (χ0) is 32.3. The van der Waals surface area contributed by atoms with E-state index in [9.17, 15) is 0 Å². The number of rotatable bonds is 5. The molecule has 0 aliphatic rings. The summed E-state index contributed by atoms with van der Waals surface area (Å²) >= 11 is 0. The quantitative estimate of drug-likeness (QED) is 0.190. The first-order valence-electron chi connectivity index (χ1n) is 16.6. The van der Waals surface area contributed by atoms with Gasteiger partial charge in [-0.15, -0.1) is 0 Å². The number of hydrogen-bond acceptors (Lipinski definition) is 3. The molecule has 3 heteroatoms. The van der Waals surface area contributed by atoms with Gasteiger partial charge >= 0.3 is 0 Å². The third-order valence-corrected chi connectivity index (χ3v) is 9.66. The van der Waals surface area contributed by atoms with Gasteiger partial charge in [-0.2, -0.15) is 0 Å². The Labute approximate surface area is 282 Å². The molecule has 0 radical (unpaired) electrons. The zero-order valence-corrected chi connectivity index (χ0v) is 26.5. The predicted octanol–water partition coefficient (Wildman–Crippen LogP) is 13.4. The third-order valence-electron chi connectivity index (χ3n) is 9.66. The highest BCUT2D eigenvalue weighted by Crippen LogP contribution is 2.43. The molecule has 0 bridgehead atoms. The van der Waals surface area contributed by atoms with Crippen LogP contribution in [0, 0.1) is 0 Å². The van der Waals surface area contributed by atoms with Crippen LogP contribution in [0.2, 0.25) is 0 Å². The van der Waals surface area contributed by atoms with Crippen LogP contribution >= 0.6 is 0 Å². The Morgan fingerprint density at radius 2 is 0.898 bits per heavy atom. The van der Waals surface area contributed by atoms with Crippen LogP contribution in [-0.2, 0) is 0 Å². The van der Waals surface area contributed by atoms with E-state index < -0.39 is 0 Å². The second-order valence-corrected chi connectivity index (χ2v) is 12.5. The van der Waals surface area contributed by atoms with E-state index in [-0.39, 0.29) is 0 Å². The molecule has 49 heavy (non-hydrogen) atoms. The highest BCUT2D eigenvalue weighted by molar-refractivity contribution is 6.21. The summed E-state index contributed by atoms with van der Waals surface area (Å²) in [6.07, 6.45) is 0. The van der Waals surface area contributed by atoms with E-state index in [0.717, 1.165) is 82.8 Å². The Morgan fingerprint density at radius 1 is 0.347 bits per heavy atom. The summed E-state index contributed by atoms with van der Waals surface area (Å²) in [5, 5.41) is 6.77. The molecule has 0 aliphatic heterocycles. The number of anilines is 3. The fraction of sp³-hybridized carbons (Fsp3) is 0. The number of para-hydroxylation sites is 2. The minimum atomic E-state index is 0.882. The van der Waals surface area contributed by atoms with Gasteiger partial charge in [0, 0.05) is 44.0 Å². The molecule has 2 aromatic heterocycles. The topological polar surface area (TPSA) is 29.5 Å². The number of benzene rings is 8. The summed E-state index contributed by atoms with van der Waals surface area (Å²) < 4.78 is 12.7. The van der Waals surface area contributed by atoms with Gasteiger partial charge in [-0.05, 0) is 88.3 Å². The fourth-order valence-electron chi connectivity index (χ4n) is 7.31. The molecule has 0 saturated heterocycles. The molecule has 0 spiro atoms. The Balaban J connectivity index is 1.13. The van der Waals surface area contributed by atoms with Crippen molar-refractivity contribution in [2.75, 3.05) is 4.90 Å². The van der Waals surface area contributed by atoms with Gasteiger partial charge in [0.2, 0.25) is 0 Å². The van der Waals surface area contributed by atoms with Gasteiger partial charge in [-0.3, -0.25) is 0 Å². The second kappa shape index (κ2) is 11.0. The van der Waals surface area contributed by atoms with Crippen molar-refractivity contribution >= 4 is 71.7 Å². The standard InChI is InChI=1S/C46H29NO2/c1-2-10-30(11-3-1)31-18-22-34(23-19-31)47(36-26-27-44-41(29-36)38-14-6-8-16-42(38)48-44)35-24-20-32(21-25-35)40-28-33-12-4-5-13-37(33)46-45(40)39-15-7-9-17-43(39)49-46/h1-29H. The van der Waals surface area contributed by atoms with Crippen molar-refractivity contribution in [1.29, 1.82) is 0 Å². The summed E-state index contributed by atoms with van der Waals surface area (Å²) in [5.41, 5.74) is 11.5. The van der Waals surface area contributed by atoms with Crippen LogP contribution in [0.3, 0.4) is 0 Å². The minimum Gasteiger partial charge on any atom is -0.456 e. The van der Waals surface area contributed by atoms with Gasteiger partial charge in [0.25, 0.3) is 0 Å². The van der Waals surface area contributed by atoms with Crippen LogP contribution in [0.5, 0.6) is 0 Å². The lowest BCUT2D eigenvalue weighted by atomic mass is 9.95. The average molecular weight is 628 g/mol. The molecule has 0 unspecified atom stereocenters. The molecule has 8 aromatic carbocycles. The highest BCUT2D eigenvalue weighted by atomic mass is 16.3. The van der Waals surface area contributed by atoms with Gasteiger partial charge in [0.1, 0.15) is 22.3 Å². The van der Waals surface area contributed by atoms with E-state index >= 15 is 0 Å². The van der Waals surface area contributed by atoms with Gasteiger partial charge < -0.3 is 13.7 Å². The maximum atomic E-state index is 6.49. The van der Waals surface area contributed by atoms with E-state index in [1.54, 1.807) is 0 Å². The minimum absolute atomic E-state index is 0.882. The Morgan fingerprint density at radius 3 is 1.65 bits per heavy atom. The summed E-state index contributed by atoms with van der Waals surface area (Å²) in [7, 11) is 0. The van der Waals surface area contributed by atoms with E-state index in [2.05, 4.69) is 163 Å². The summed E-state index contributed by atoms with van der Waals surface area (Å²) in [6.45, 7) is 0. The lowest BCUT2D eigenvalue weighted by Gasteiger charge is -2.26. The summed E-state index contributed by atoms with van der Waals surface area (Å²) in [5.74, 6) is 0. The molecule has 3 nitrogen and oxygen atoms in total. The van der Waals surface area contributed by atoms with Crippen LogP contribution in [0.15, 0.2) is 185 Å². The van der Waals surface area contributed by atoms with Crippen molar-refractivity contribution in [3.8, 4) is 22.3 Å². The van der Waals surface area contributed by atoms with Crippen molar-refractivity contribution in [3.63, 3.8) is 0 Å².